The van der Waals surface area contributed by atoms with Crippen LogP contribution in [0.3, 0.4) is 0 Å². The van der Waals surface area contributed by atoms with Crippen molar-refractivity contribution in [1.29, 1.82) is 0 Å². The van der Waals surface area contributed by atoms with E-state index in [1.54, 1.807) is 12.2 Å². The first-order chi connectivity index (χ1) is 10.8. The highest BCUT2D eigenvalue weighted by atomic mass is 16.7. The van der Waals surface area contributed by atoms with E-state index in [4.69, 9.17) is 18.9 Å². The summed E-state index contributed by atoms with van der Waals surface area (Å²) in [5, 5.41) is 0. The molecule has 1 aromatic rings. The van der Waals surface area contributed by atoms with Crippen molar-refractivity contribution in [2.75, 3.05) is 39.6 Å². The van der Waals surface area contributed by atoms with Crippen LogP contribution >= 0.6 is 0 Å². The number of ether oxygens (including phenoxy) is 4. The van der Waals surface area contributed by atoms with Crippen molar-refractivity contribution in [3.63, 3.8) is 0 Å². The van der Waals surface area contributed by atoms with E-state index in [1.165, 1.54) is 0 Å². The van der Waals surface area contributed by atoms with Gasteiger partial charge >= 0.3 is 0 Å². The van der Waals surface area contributed by atoms with Crippen LogP contribution in [0.5, 0.6) is 0 Å². The Bertz CT molecular complexity index is 433. The Morgan fingerprint density at radius 3 is 2.05 bits per heavy atom. The van der Waals surface area contributed by atoms with Gasteiger partial charge in [0.05, 0.1) is 45.1 Å². The van der Waals surface area contributed by atoms with Crippen LogP contribution in [-0.2, 0) is 18.9 Å². The fourth-order valence-corrected chi connectivity index (χ4v) is 2.32. The Morgan fingerprint density at radius 2 is 1.55 bits per heavy atom. The molecule has 1 saturated heterocycles. The summed E-state index contributed by atoms with van der Waals surface area (Å²) in [4.78, 5) is 0. The molecule has 0 saturated carbocycles. The molecule has 0 atom stereocenters. The molecule has 0 bridgehead atoms. The monoisotopic (exact) mass is 304 g/mol. The van der Waals surface area contributed by atoms with Crippen LogP contribution in [0, 0.1) is 5.41 Å². The Hall–Kier alpha value is -1.46. The van der Waals surface area contributed by atoms with Gasteiger partial charge in [0.25, 0.3) is 0 Å². The maximum atomic E-state index is 5.91. The normalized spacial score (nSPS) is 18.0. The Labute approximate surface area is 132 Å². The first-order valence-electron chi connectivity index (χ1n) is 7.45. The zero-order valence-corrected chi connectivity index (χ0v) is 12.9. The van der Waals surface area contributed by atoms with Gasteiger partial charge in [-0.25, -0.2) is 0 Å². The molecule has 0 aliphatic carbocycles. The second kappa shape index (κ2) is 8.86. The van der Waals surface area contributed by atoms with Crippen molar-refractivity contribution in [2.45, 2.75) is 6.29 Å². The quantitative estimate of drug-likeness (QED) is 0.519. The Balaban J connectivity index is 1.93. The molecular weight excluding hydrogens is 280 g/mol. The lowest BCUT2D eigenvalue weighted by Gasteiger charge is -2.39. The average molecular weight is 304 g/mol. The third kappa shape index (κ3) is 4.78. The number of rotatable bonds is 9. The van der Waals surface area contributed by atoms with E-state index in [0.717, 1.165) is 5.56 Å². The van der Waals surface area contributed by atoms with Crippen LogP contribution in [0.2, 0.25) is 0 Å². The molecule has 1 aliphatic rings. The predicted octanol–water partition coefficient (Wildman–Crippen LogP) is 3.12. The molecule has 0 radical (unpaired) electrons. The van der Waals surface area contributed by atoms with Gasteiger partial charge in [-0.05, 0) is 0 Å². The maximum absolute atomic E-state index is 5.91. The molecule has 0 aromatic heterocycles. The standard InChI is InChI=1S/C18H24O4/c1-3-10-19-12-18(13-20-11-4-2)14-21-17(22-15-18)16-8-6-5-7-9-16/h3-9,17H,1-2,10-15H2. The molecule has 2 rings (SSSR count). The van der Waals surface area contributed by atoms with Crippen molar-refractivity contribution < 1.29 is 18.9 Å². The van der Waals surface area contributed by atoms with E-state index in [2.05, 4.69) is 13.2 Å². The number of hydrogen-bond donors (Lipinski definition) is 0. The van der Waals surface area contributed by atoms with Crippen molar-refractivity contribution in [1.82, 2.24) is 0 Å². The molecule has 1 fully saturated rings. The molecular formula is C18H24O4. The summed E-state index contributed by atoms with van der Waals surface area (Å²) in [7, 11) is 0. The van der Waals surface area contributed by atoms with Gasteiger partial charge in [-0.2, -0.15) is 0 Å². The largest absolute Gasteiger partial charge is 0.377 e. The van der Waals surface area contributed by atoms with Gasteiger partial charge in [0.15, 0.2) is 6.29 Å². The fourth-order valence-electron chi connectivity index (χ4n) is 2.32. The van der Waals surface area contributed by atoms with Gasteiger partial charge in [0, 0.05) is 5.56 Å². The third-order valence-corrected chi connectivity index (χ3v) is 3.44. The number of hydrogen-bond acceptors (Lipinski definition) is 4. The summed E-state index contributed by atoms with van der Waals surface area (Å²) in [6.45, 7) is 10.4. The minimum Gasteiger partial charge on any atom is -0.377 e. The molecule has 4 nitrogen and oxygen atoms in total. The molecule has 1 aliphatic heterocycles. The minimum atomic E-state index is -0.326. The lowest BCUT2D eigenvalue weighted by molar-refractivity contribution is -0.253. The second-order valence-corrected chi connectivity index (χ2v) is 5.47. The average Bonchev–Trinajstić information content (AvgIpc) is 2.57. The molecule has 120 valence electrons. The van der Waals surface area contributed by atoms with Crippen molar-refractivity contribution in [3.8, 4) is 0 Å². The number of benzene rings is 1. The molecule has 4 heteroatoms. The zero-order valence-electron chi connectivity index (χ0n) is 12.9. The highest BCUT2D eigenvalue weighted by molar-refractivity contribution is 5.16. The van der Waals surface area contributed by atoms with Gasteiger partial charge < -0.3 is 18.9 Å². The molecule has 1 aromatic carbocycles. The topological polar surface area (TPSA) is 36.9 Å². The van der Waals surface area contributed by atoms with E-state index in [1.807, 2.05) is 30.3 Å². The van der Waals surface area contributed by atoms with E-state index >= 15 is 0 Å². The highest BCUT2D eigenvalue weighted by Gasteiger charge is 2.38. The molecule has 0 spiro atoms. The van der Waals surface area contributed by atoms with E-state index in [9.17, 15) is 0 Å². The van der Waals surface area contributed by atoms with Crippen molar-refractivity contribution >= 4 is 0 Å². The molecule has 0 amide bonds. The van der Waals surface area contributed by atoms with Crippen LogP contribution in [0.25, 0.3) is 0 Å². The van der Waals surface area contributed by atoms with Crippen LogP contribution < -0.4 is 0 Å². The first-order valence-corrected chi connectivity index (χ1v) is 7.45. The smallest absolute Gasteiger partial charge is 0.183 e. The molecule has 1 heterocycles. The van der Waals surface area contributed by atoms with Crippen molar-refractivity contribution in [2.24, 2.45) is 5.41 Å². The van der Waals surface area contributed by atoms with Crippen LogP contribution in [0.4, 0.5) is 0 Å². The van der Waals surface area contributed by atoms with Gasteiger partial charge in [-0.15, -0.1) is 13.2 Å². The van der Waals surface area contributed by atoms with Crippen LogP contribution in [0.15, 0.2) is 55.6 Å². The maximum Gasteiger partial charge on any atom is 0.183 e. The second-order valence-electron chi connectivity index (χ2n) is 5.47. The Kier molecular flexibility index (Phi) is 6.80. The SMILES string of the molecule is C=CCOCC1(COCC=C)COC(c2ccccc2)OC1. The summed E-state index contributed by atoms with van der Waals surface area (Å²) >= 11 is 0. The minimum absolute atomic E-state index is 0.294. The summed E-state index contributed by atoms with van der Waals surface area (Å²) in [5.74, 6) is 0. The lowest BCUT2D eigenvalue weighted by atomic mass is 9.91. The third-order valence-electron chi connectivity index (χ3n) is 3.44. The molecule has 0 N–H and O–H groups in total. The molecule has 22 heavy (non-hydrogen) atoms. The highest BCUT2D eigenvalue weighted by Crippen LogP contribution is 2.32. The summed E-state index contributed by atoms with van der Waals surface area (Å²) in [5.41, 5.74) is 0.729. The van der Waals surface area contributed by atoms with E-state index < -0.39 is 0 Å². The van der Waals surface area contributed by atoms with Gasteiger partial charge in [-0.3, -0.25) is 0 Å². The Morgan fingerprint density at radius 1 is 1.00 bits per heavy atom. The zero-order chi connectivity index (χ0) is 15.7. The first kappa shape index (κ1) is 16.9. The van der Waals surface area contributed by atoms with E-state index in [0.29, 0.717) is 39.6 Å². The molecule has 0 unspecified atom stereocenters. The van der Waals surface area contributed by atoms with Crippen LogP contribution in [0.1, 0.15) is 11.9 Å². The summed E-state index contributed by atoms with van der Waals surface area (Å²) in [6.07, 6.45) is 3.14. The van der Waals surface area contributed by atoms with E-state index in [-0.39, 0.29) is 11.7 Å². The van der Waals surface area contributed by atoms with Gasteiger partial charge in [0.1, 0.15) is 0 Å². The van der Waals surface area contributed by atoms with Crippen LogP contribution in [-0.4, -0.2) is 39.6 Å². The fraction of sp³-hybridized carbons (Fsp3) is 0.444. The van der Waals surface area contributed by atoms with Crippen molar-refractivity contribution in [3.05, 3.63) is 61.2 Å². The summed E-state index contributed by atoms with van der Waals surface area (Å²) in [6, 6.07) is 9.93. The van der Waals surface area contributed by atoms with Gasteiger partial charge in [-0.1, -0.05) is 42.5 Å². The summed E-state index contributed by atoms with van der Waals surface area (Å²) < 4.78 is 23.0. The van der Waals surface area contributed by atoms with Gasteiger partial charge in [0.2, 0.25) is 0 Å². The lowest BCUT2D eigenvalue weighted by Crippen LogP contribution is -2.46. The predicted molar refractivity (Wildman–Crippen MR) is 85.6 cm³/mol.